The zero-order valence-corrected chi connectivity index (χ0v) is 11.1. The van der Waals surface area contributed by atoms with E-state index >= 15 is 0 Å². The number of hydrogen-bond acceptors (Lipinski definition) is 1. The fourth-order valence-electron chi connectivity index (χ4n) is 2.63. The lowest BCUT2D eigenvalue weighted by atomic mass is 9.88. The lowest BCUT2D eigenvalue weighted by Crippen LogP contribution is -2.23. The highest BCUT2D eigenvalue weighted by Crippen LogP contribution is 2.37. The minimum absolute atomic E-state index is 0.424. The summed E-state index contributed by atoms with van der Waals surface area (Å²) in [4.78, 5) is 0. The molecule has 1 aliphatic rings. The quantitative estimate of drug-likeness (QED) is 0.691. The molecular weight excluding hydrogens is 196 g/mol. The van der Waals surface area contributed by atoms with Gasteiger partial charge in [0.25, 0.3) is 0 Å². The van der Waals surface area contributed by atoms with E-state index in [2.05, 4.69) is 34.6 Å². The molecule has 1 heterocycles. The van der Waals surface area contributed by atoms with Gasteiger partial charge < -0.3 is 4.74 Å². The first-order valence-corrected chi connectivity index (χ1v) is 6.32. The summed E-state index contributed by atoms with van der Waals surface area (Å²) in [5.41, 5.74) is 7.07. The van der Waals surface area contributed by atoms with Crippen LogP contribution >= 0.6 is 0 Å². The van der Waals surface area contributed by atoms with Crippen molar-refractivity contribution >= 4 is 0 Å². The molecule has 0 radical (unpaired) electrons. The van der Waals surface area contributed by atoms with Gasteiger partial charge in [-0.25, -0.2) is 0 Å². The van der Waals surface area contributed by atoms with E-state index in [0.29, 0.717) is 6.10 Å². The molecule has 1 atom stereocenters. The van der Waals surface area contributed by atoms with Crippen molar-refractivity contribution in [2.45, 2.75) is 60.0 Å². The molecule has 1 aliphatic heterocycles. The van der Waals surface area contributed by atoms with Crippen molar-refractivity contribution in [1.82, 2.24) is 0 Å². The molecule has 1 nitrogen and oxygen atoms in total. The Bertz CT molecular complexity index is 418. The predicted molar refractivity (Wildman–Crippen MR) is 68.4 cm³/mol. The van der Waals surface area contributed by atoms with Gasteiger partial charge in [-0.15, -0.1) is 0 Å². The molecule has 0 spiro atoms. The Morgan fingerprint density at radius 2 is 1.62 bits per heavy atom. The van der Waals surface area contributed by atoms with E-state index in [1.165, 1.54) is 46.4 Å². The van der Waals surface area contributed by atoms with Crippen LogP contribution in [0.1, 0.15) is 47.6 Å². The molecule has 1 heteroatoms. The molecule has 0 N–H and O–H groups in total. The highest BCUT2D eigenvalue weighted by molar-refractivity contribution is 5.54. The predicted octanol–water partition coefficient (Wildman–Crippen LogP) is 4.02. The molecule has 0 aromatic heterocycles. The molecule has 88 valence electrons. The first-order valence-electron chi connectivity index (χ1n) is 6.32. The summed E-state index contributed by atoms with van der Waals surface area (Å²) in [5, 5.41) is 0. The van der Waals surface area contributed by atoms with E-state index in [1.54, 1.807) is 0 Å². The third kappa shape index (κ3) is 1.63. The lowest BCUT2D eigenvalue weighted by Gasteiger charge is -2.30. The summed E-state index contributed by atoms with van der Waals surface area (Å²) in [6, 6.07) is 0. The average molecular weight is 218 g/mol. The zero-order chi connectivity index (χ0) is 11.9. The lowest BCUT2D eigenvalue weighted by molar-refractivity contribution is 0.167. The number of benzene rings is 1. The van der Waals surface area contributed by atoms with Gasteiger partial charge in [0, 0.05) is 0 Å². The maximum atomic E-state index is 6.13. The van der Waals surface area contributed by atoms with E-state index in [1.807, 2.05) is 0 Å². The highest BCUT2D eigenvalue weighted by atomic mass is 16.5. The summed E-state index contributed by atoms with van der Waals surface area (Å²) in [6.07, 6.45) is 3.89. The van der Waals surface area contributed by atoms with Crippen molar-refractivity contribution < 1.29 is 4.74 Å². The fourth-order valence-corrected chi connectivity index (χ4v) is 2.63. The van der Waals surface area contributed by atoms with Crippen molar-refractivity contribution in [3.63, 3.8) is 0 Å². The van der Waals surface area contributed by atoms with Crippen molar-refractivity contribution in [3.8, 4) is 5.75 Å². The van der Waals surface area contributed by atoms with Crippen LogP contribution in [0.4, 0.5) is 0 Å². The van der Waals surface area contributed by atoms with Crippen molar-refractivity contribution in [1.29, 1.82) is 0 Å². The molecule has 16 heavy (non-hydrogen) atoms. The molecule has 0 saturated carbocycles. The van der Waals surface area contributed by atoms with E-state index in [-0.39, 0.29) is 0 Å². The van der Waals surface area contributed by atoms with Gasteiger partial charge in [0.05, 0.1) is 6.10 Å². The van der Waals surface area contributed by atoms with Crippen molar-refractivity contribution in [3.05, 3.63) is 27.8 Å². The standard InChI is InChI=1S/C15H22O/c1-6-13-7-8-14-11(4)9(2)10(3)12(5)15(14)16-13/h13H,6-8H2,1-5H3. The highest BCUT2D eigenvalue weighted by Gasteiger charge is 2.23. The summed E-state index contributed by atoms with van der Waals surface area (Å²) < 4.78 is 6.13. The van der Waals surface area contributed by atoms with Gasteiger partial charge >= 0.3 is 0 Å². The zero-order valence-electron chi connectivity index (χ0n) is 11.1. The Kier molecular flexibility index (Phi) is 2.96. The van der Waals surface area contributed by atoms with Crippen LogP contribution in [0, 0.1) is 27.7 Å². The van der Waals surface area contributed by atoms with E-state index < -0.39 is 0 Å². The van der Waals surface area contributed by atoms with Gasteiger partial charge in [0.1, 0.15) is 5.75 Å². The molecule has 0 bridgehead atoms. The molecule has 1 unspecified atom stereocenters. The number of fused-ring (bicyclic) bond motifs is 1. The van der Waals surface area contributed by atoms with Crippen LogP contribution in [0.2, 0.25) is 0 Å². The summed E-state index contributed by atoms with van der Waals surface area (Å²) >= 11 is 0. The van der Waals surface area contributed by atoms with Gasteiger partial charge in [-0.05, 0) is 74.8 Å². The normalized spacial score (nSPS) is 19.2. The van der Waals surface area contributed by atoms with E-state index in [4.69, 9.17) is 4.74 Å². The second-order valence-electron chi connectivity index (χ2n) is 4.99. The van der Waals surface area contributed by atoms with Crippen LogP contribution in [-0.2, 0) is 6.42 Å². The molecule has 0 aliphatic carbocycles. The van der Waals surface area contributed by atoms with Crippen LogP contribution in [0.3, 0.4) is 0 Å². The van der Waals surface area contributed by atoms with Crippen LogP contribution in [-0.4, -0.2) is 6.10 Å². The molecule has 2 rings (SSSR count). The van der Waals surface area contributed by atoms with E-state index in [0.717, 1.165) is 6.42 Å². The van der Waals surface area contributed by atoms with Gasteiger partial charge in [-0.2, -0.15) is 0 Å². The van der Waals surface area contributed by atoms with Crippen LogP contribution in [0.15, 0.2) is 0 Å². The van der Waals surface area contributed by atoms with Gasteiger partial charge in [0.2, 0.25) is 0 Å². The molecule has 1 aromatic carbocycles. The Balaban J connectivity index is 2.56. The molecule has 0 saturated heterocycles. The third-order valence-electron chi connectivity index (χ3n) is 4.21. The summed E-state index contributed by atoms with van der Waals surface area (Å²) in [5.74, 6) is 1.18. The van der Waals surface area contributed by atoms with E-state index in [9.17, 15) is 0 Å². The van der Waals surface area contributed by atoms with Gasteiger partial charge in [-0.3, -0.25) is 0 Å². The smallest absolute Gasteiger partial charge is 0.126 e. The topological polar surface area (TPSA) is 9.23 Å². The van der Waals surface area contributed by atoms with Crippen molar-refractivity contribution in [2.75, 3.05) is 0 Å². The Morgan fingerprint density at radius 3 is 2.25 bits per heavy atom. The Hall–Kier alpha value is -0.980. The maximum Gasteiger partial charge on any atom is 0.126 e. The first kappa shape index (κ1) is 11.5. The summed E-state index contributed by atoms with van der Waals surface area (Å²) in [6.45, 7) is 11.1. The summed E-state index contributed by atoms with van der Waals surface area (Å²) in [7, 11) is 0. The number of hydrogen-bond donors (Lipinski definition) is 0. The van der Waals surface area contributed by atoms with Crippen molar-refractivity contribution in [2.24, 2.45) is 0 Å². The van der Waals surface area contributed by atoms with Crippen LogP contribution < -0.4 is 4.74 Å². The Labute approximate surface area is 98.8 Å². The minimum atomic E-state index is 0.424. The SMILES string of the molecule is CCC1CCc2c(C)c(C)c(C)c(C)c2O1. The number of rotatable bonds is 1. The number of ether oxygens (including phenoxy) is 1. The fraction of sp³-hybridized carbons (Fsp3) is 0.600. The van der Waals surface area contributed by atoms with Gasteiger partial charge in [-0.1, -0.05) is 6.92 Å². The molecule has 0 amide bonds. The Morgan fingerprint density at radius 1 is 1.00 bits per heavy atom. The first-order chi connectivity index (χ1) is 7.56. The minimum Gasteiger partial charge on any atom is -0.490 e. The third-order valence-corrected chi connectivity index (χ3v) is 4.21. The van der Waals surface area contributed by atoms with Crippen LogP contribution in [0.5, 0.6) is 5.75 Å². The average Bonchev–Trinajstić information content (AvgIpc) is 2.33. The second-order valence-corrected chi connectivity index (χ2v) is 4.99. The van der Waals surface area contributed by atoms with Crippen LogP contribution in [0.25, 0.3) is 0 Å². The maximum absolute atomic E-state index is 6.13. The monoisotopic (exact) mass is 218 g/mol. The largest absolute Gasteiger partial charge is 0.490 e. The second kappa shape index (κ2) is 4.12. The molecular formula is C15H22O. The van der Waals surface area contributed by atoms with Gasteiger partial charge in [0.15, 0.2) is 0 Å². The molecule has 0 fully saturated rings. The molecule has 1 aromatic rings.